The second-order valence-electron chi connectivity index (χ2n) is 28.8. The van der Waals surface area contributed by atoms with Crippen LogP contribution in [0.5, 0.6) is 0 Å². The number of amides is 8. The van der Waals surface area contributed by atoms with Crippen LogP contribution in [0.4, 0.5) is 19.2 Å². The molecule has 6 heterocycles. The Bertz CT molecular complexity index is 3000. The molecule has 6 saturated heterocycles. The smallest absolute Gasteiger partial charge is 0.325 e. The number of hydrogen-bond acceptors (Lipinski definition) is 14. The molecule has 99 heavy (non-hydrogen) atoms. The van der Waals surface area contributed by atoms with E-state index in [2.05, 4.69) is 159 Å². The summed E-state index contributed by atoms with van der Waals surface area (Å²) in [4.78, 5) is 86.0. The summed E-state index contributed by atoms with van der Waals surface area (Å²) in [7, 11) is 6.90. The number of benzene rings is 4. The maximum absolute atomic E-state index is 12.7. The number of rotatable bonds is 21. The van der Waals surface area contributed by atoms with Crippen LogP contribution in [0.2, 0.25) is 0 Å². The van der Waals surface area contributed by atoms with Crippen LogP contribution >= 0.6 is 0 Å². The van der Waals surface area contributed by atoms with Crippen molar-refractivity contribution in [2.45, 2.75) is 122 Å². The van der Waals surface area contributed by atoms with Crippen molar-refractivity contribution < 1.29 is 38.2 Å². The first-order chi connectivity index (χ1) is 47.9. The lowest BCUT2D eigenvalue weighted by molar-refractivity contribution is -0.140. The molecule has 6 fully saturated rings. The second kappa shape index (κ2) is 40.8. The summed E-state index contributed by atoms with van der Waals surface area (Å²) in [5.41, 5.74) is 30.4. The number of nitrogens with zero attached hydrogens (tertiary/aromatic N) is 7. The zero-order valence-corrected chi connectivity index (χ0v) is 60.2. The highest BCUT2D eigenvalue weighted by molar-refractivity contribution is 5.81. The molecule has 8 amide bonds. The van der Waals surface area contributed by atoms with E-state index in [0.717, 1.165) is 181 Å². The third kappa shape index (κ3) is 25.7. The summed E-state index contributed by atoms with van der Waals surface area (Å²) < 4.78 is 9.09. The van der Waals surface area contributed by atoms with E-state index in [4.69, 9.17) is 22.9 Å². The Labute approximate surface area is 590 Å². The quantitative estimate of drug-likeness (QED) is 0.0396. The average Bonchev–Trinajstić information content (AvgIpc) is 0.849. The molecule has 0 unspecified atom stereocenters. The lowest BCUT2D eigenvalue weighted by Crippen LogP contribution is -2.55. The summed E-state index contributed by atoms with van der Waals surface area (Å²) in [5, 5.41) is 8.60. The zero-order valence-electron chi connectivity index (χ0n) is 60.2. The van der Waals surface area contributed by atoms with E-state index in [1.54, 1.807) is 4.90 Å². The number of carbonyl (C=O) groups is 6. The van der Waals surface area contributed by atoms with Gasteiger partial charge in [-0.1, -0.05) is 121 Å². The van der Waals surface area contributed by atoms with Crippen molar-refractivity contribution in [2.24, 2.45) is 44.6 Å². The molecular weight excluding hydrogens is 1250 g/mol. The van der Waals surface area contributed by atoms with Gasteiger partial charge in [-0.2, -0.15) is 0 Å². The van der Waals surface area contributed by atoms with Crippen LogP contribution in [0.3, 0.4) is 0 Å². The lowest BCUT2D eigenvalue weighted by Gasteiger charge is -2.43. The third-order valence-corrected chi connectivity index (χ3v) is 22.2. The highest BCUT2D eigenvalue weighted by Crippen LogP contribution is 2.39. The molecule has 0 atom stereocenters. The van der Waals surface area contributed by atoms with Gasteiger partial charge in [0.05, 0.1) is 20.6 Å². The van der Waals surface area contributed by atoms with Crippen molar-refractivity contribution >= 4 is 36.1 Å². The summed E-state index contributed by atoms with van der Waals surface area (Å²) in [6.45, 7) is 14.7. The molecule has 6 aliphatic heterocycles. The van der Waals surface area contributed by atoms with Crippen LogP contribution in [0.1, 0.15) is 112 Å². The fourth-order valence-electron chi connectivity index (χ4n) is 14.5. The number of urea groups is 4. The Balaban J connectivity index is 0.000000186. The minimum Gasteiger partial charge on any atom is -0.469 e. The molecule has 10 rings (SSSR count). The molecule has 0 spiro atoms. The number of methoxy groups -OCH3 is 2. The average molecular weight is 1370 g/mol. The maximum Gasteiger partial charge on any atom is 0.325 e. The maximum atomic E-state index is 12.7. The molecule has 0 saturated carbocycles. The number of piperidine rings is 5. The monoisotopic (exact) mass is 1370 g/mol. The molecule has 0 aliphatic carbocycles. The van der Waals surface area contributed by atoms with E-state index in [-0.39, 0.29) is 64.7 Å². The van der Waals surface area contributed by atoms with Gasteiger partial charge in [0.2, 0.25) is 0 Å². The predicted octanol–water partition coefficient (Wildman–Crippen LogP) is 7.58. The van der Waals surface area contributed by atoms with Crippen LogP contribution in [-0.4, -0.2) is 236 Å². The fourth-order valence-corrected chi connectivity index (χ4v) is 14.5. The van der Waals surface area contributed by atoms with E-state index >= 15 is 0 Å². The number of carbonyl (C=O) groups excluding carboxylic acids is 6. The number of esters is 2. The van der Waals surface area contributed by atoms with E-state index in [1.165, 1.54) is 36.5 Å². The number of ether oxygens (including phenoxy) is 2. The van der Waals surface area contributed by atoms with Crippen LogP contribution < -0.4 is 38.9 Å². The summed E-state index contributed by atoms with van der Waals surface area (Å²) in [6.07, 6.45) is 17.2. The molecule has 22 heteroatoms. The van der Waals surface area contributed by atoms with Crippen molar-refractivity contribution in [3.05, 3.63) is 144 Å². The number of likely N-dealkylation sites (N-methyl/N-ethyl adjacent to an activating group) is 1. The first-order valence-electron chi connectivity index (χ1n) is 36.5. The number of nitrogens with one attached hydrogen (secondary N) is 3. The normalized spacial score (nSPS) is 19.1. The standard InChI is InChI=1S/2C20H32N4O.C19H29N3O3.C18H27N3O3/c1-23-11-7-18(8-12-23)22-19(25)24-13-9-20(16-21,10-14-24)15-17-5-3-2-4-6-17;1-22-13-15-24(16-14-22)19(25)23-11-9-20(17-21,10-12-23)8-7-18-5-3-2-4-6-18;1-25-17(23)8-12-21-18(24)22-13-10-19(15-20,11-14-22)9-7-16-5-3-2-4-6-16;1-24-16(22)13-20-17(23)21-11-9-18(14-19,10-12-21)8-7-15-5-3-2-4-6-15/h2-6,18H,7-16,21H2,1H3,(H,22,25);2-6H,7-17,21H2,1H3;2-6H,7-15,20H2,1H3,(H,21,24);2-6H,7-14,19H2,1H3,(H,20,23). The minimum atomic E-state index is -0.445. The Hall–Kier alpha value is -7.34. The summed E-state index contributed by atoms with van der Waals surface area (Å²) >= 11 is 0. The highest BCUT2D eigenvalue weighted by atomic mass is 16.5. The topological polar surface area (TPSA) is 284 Å². The van der Waals surface area contributed by atoms with Gasteiger partial charge < -0.3 is 82.7 Å². The number of aryl methyl sites for hydroxylation is 3. The van der Waals surface area contributed by atoms with Gasteiger partial charge in [0.1, 0.15) is 6.54 Å². The molecule has 546 valence electrons. The molecule has 4 aromatic rings. The SMILES string of the molecule is CN1CCC(NC(=O)N2CCC(CN)(Cc3ccccc3)CC2)CC1.CN1CCN(C(=O)N2CCC(CN)(CCc3ccccc3)CC2)CC1.COC(=O)CCNC(=O)N1CCC(CN)(CCc2ccccc2)CC1.COC(=O)CNC(=O)N1CCC(CN)(CCc2ccccc2)CC1. The summed E-state index contributed by atoms with van der Waals surface area (Å²) in [5.74, 6) is -0.762. The molecular formula is C77H120N14O8. The lowest BCUT2D eigenvalue weighted by atomic mass is 9.74. The molecule has 0 radical (unpaired) electrons. The Kier molecular flexibility index (Phi) is 32.6. The van der Waals surface area contributed by atoms with Crippen molar-refractivity contribution in [3.8, 4) is 0 Å². The fraction of sp³-hybridized carbons (Fsp3) is 0.610. The molecule has 22 nitrogen and oxygen atoms in total. The van der Waals surface area contributed by atoms with E-state index in [9.17, 15) is 28.8 Å². The van der Waals surface area contributed by atoms with Crippen molar-refractivity contribution in [1.82, 2.24) is 50.2 Å². The van der Waals surface area contributed by atoms with Crippen LogP contribution in [0.25, 0.3) is 0 Å². The Morgan fingerprint density at radius 1 is 0.404 bits per heavy atom. The van der Waals surface area contributed by atoms with Gasteiger partial charge >= 0.3 is 36.1 Å². The van der Waals surface area contributed by atoms with Gasteiger partial charge in [-0.05, 0) is 206 Å². The number of likely N-dealkylation sites (tertiary alicyclic amines) is 5. The molecule has 6 aliphatic rings. The van der Waals surface area contributed by atoms with Crippen LogP contribution in [0, 0.1) is 21.7 Å². The molecule has 0 bridgehead atoms. The van der Waals surface area contributed by atoms with E-state index in [1.807, 2.05) is 31.7 Å². The van der Waals surface area contributed by atoms with Crippen LogP contribution in [0.15, 0.2) is 121 Å². The number of hydrogen-bond donors (Lipinski definition) is 7. The van der Waals surface area contributed by atoms with Crippen molar-refractivity contribution in [2.75, 3.05) is 159 Å². The zero-order chi connectivity index (χ0) is 70.9. The molecule has 0 aromatic heterocycles. The van der Waals surface area contributed by atoms with Gasteiger partial charge in [0, 0.05) is 91.1 Å². The van der Waals surface area contributed by atoms with Gasteiger partial charge in [-0.25, -0.2) is 19.2 Å². The van der Waals surface area contributed by atoms with Crippen molar-refractivity contribution in [3.63, 3.8) is 0 Å². The van der Waals surface area contributed by atoms with Crippen LogP contribution in [-0.2, 0) is 44.7 Å². The summed E-state index contributed by atoms with van der Waals surface area (Å²) in [6, 6.07) is 42.4. The number of nitrogens with two attached hydrogens (primary N) is 4. The Morgan fingerprint density at radius 3 is 1.12 bits per heavy atom. The third-order valence-electron chi connectivity index (χ3n) is 22.2. The second-order valence-corrected chi connectivity index (χ2v) is 28.8. The highest BCUT2D eigenvalue weighted by Gasteiger charge is 2.39. The minimum absolute atomic E-state index is 0.0922. The molecule has 11 N–H and O–H groups in total. The van der Waals surface area contributed by atoms with Gasteiger partial charge in [0.25, 0.3) is 0 Å². The van der Waals surface area contributed by atoms with Gasteiger partial charge in [-0.3, -0.25) is 9.59 Å². The predicted molar refractivity (Wildman–Crippen MR) is 393 cm³/mol. The first-order valence-corrected chi connectivity index (χ1v) is 36.5. The number of piperazine rings is 1. The Morgan fingerprint density at radius 2 is 0.737 bits per heavy atom. The van der Waals surface area contributed by atoms with Gasteiger partial charge in [-0.15, -0.1) is 0 Å². The molecule has 4 aromatic carbocycles. The van der Waals surface area contributed by atoms with E-state index in [0.29, 0.717) is 58.4 Å². The largest absolute Gasteiger partial charge is 0.469 e. The van der Waals surface area contributed by atoms with Gasteiger partial charge in [0.15, 0.2) is 0 Å². The van der Waals surface area contributed by atoms with Crippen molar-refractivity contribution in [1.29, 1.82) is 0 Å². The van der Waals surface area contributed by atoms with E-state index < -0.39 is 5.97 Å². The first kappa shape index (κ1) is 79.0.